The van der Waals surface area contributed by atoms with Crippen molar-refractivity contribution >= 4 is 21.4 Å². The van der Waals surface area contributed by atoms with E-state index in [2.05, 4.69) is 20.5 Å². The van der Waals surface area contributed by atoms with Crippen LogP contribution in [0.3, 0.4) is 0 Å². The van der Waals surface area contributed by atoms with Gasteiger partial charge in [0.25, 0.3) is 0 Å². The molecule has 0 radical (unpaired) electrons. The van der Waals surface area contributed by atoms with Crippen molar-refractivity contribution in [2.75, 3.05) is 11.1 Å². The fourth-order valence-electron chi connectivity index (χ4n) is 3.09. The molecule has 0 saturated heterocycles. The Morgan fingerprint density at radius 1 is 1.23 bits per heavy atom. The highest BCUT2D eigenvalue weighted by Gasteiger charge is 2.28. The third kappa shape index (κ3) is 4.47. The molecule has 9 heteroatoms. The number of benzene rings is 1. The van der Waals surface area contributed by atoms with Gasteiger partial charge in [-0.25, -0.2) is 13.4 Å². The van der Waals surface area contributed by atoms with Crippen LogP contribution in [-0.4, -0.2) is 40.5 Å². The Kier molecular flexibility index (Phi) is 5.67. The van der Waals surface area contributed by atoms with Gasteiger partial charge < -0.3 is 11.1 Å². The van der Waals surface area contributed by atoms with Gasteiger partial charge in [0.05, 0.1) is 17.5 Å². The first-order chi connectivity index (χ1) is 12.5. The van der Waals surface area contributed by atoms with Gasteiger partial charge in [-0.1, -0.05) is 12.8 Å². The lowest BCUT2D eigenvalue weighted by molar-refractivity contribution is -0.115. The van der Waals surface area contributed by atoms with Crippen molar-refractivity contribution in [3.63, 3.8) is 0 Å². The van der Waals surface area contributed by atoms with Crippen molar-refractivity contribution in [2.24, 2.45) is 5.73 Å². The number of rotatable bonds is 7. The van der Waals surface area contributed by atoms with E-state index in [1.54, 1.807) is 24.3 Å². The number of anilines is 1. The van der Waals surface area contributed by atoms with Crippen LogP contribution in [0.15, 0.2) is 24.3 Å². The molecule has 1 aliphatic rings. The summed E-state index contributed by atoms with van der Waals surface area (Å²) < 4.78 is 24.4. The van der Waals surface area contributed by atoms with E-state index in [4.69, 9.17) is 5.73 Å². The van der Waals surface area contributed by atoms with Gasteiger partial charge in [-0.3, -0.25) is 9.89 Å². The molecule has 0 atom stereocenters. The Balaban J connectivity index is 1.54. The molecule has 1 fully saturated rings. The average Bonchev–Trinajstić information content (AvgIpc) is 3.33. The third-order valence-corrected chi connectivity index (χ3v) is 6.84. The summed E-state index contributed by atoms with van der Waals surface area (Å²) in [6, 6.07) is 7.04. The molecular formula is C17H23N5O3S. The summed E-state index contributed by atoms with van der Waals surface area (Å²) in [7, 11) is -3.18. The van der Waals surface area contributed by atoms with Crippen molar-refractivity contribution in [2.45, 2.75) is 43.9 Å². The molecule has 1 saturated carbocycles. The van der Waals surface area contributed by atoms with Gasteiger partial charge in [-0.05, 0) is 37.1 Å². The second kappa shape index (κ2) is 7.96. The number of hydrogen-bond donors (Lipinski definition) is 3. The molecule has 4 N–H and O–H groups in total. The first-order valence-corrected chi connectivity index (χ1v) is 10.4. The van der Waals surface area contributed by atoms with Crippen molar-refractivity contribution in [1.29, 1.82) is 0 Å². The Bertz CT molecular complexity index is 855. The zero-order chi connectivity index (χ0) is 18.6. The van der Waals surface area contributed by atoms with Crippen LogP contribution >= 0.6 is 0 Å². The molecule has 1 heterocycles. The number of amides is 1. The predicted octanol–water partition coefficient (Wildman–Crippen LogP) is 1.62. The molecule has 1 amide bonds. The van der Waals surface area contributed by atoms with Gasteiger partial charge in [0.2, 0.25) is 5.91 Å². The molecule has 1 aliphatic carbocycles. The minimum Gasteiger partial charge on any atom is -0.326 e. The van der Waals surface area contributed by atoms with E-state index in [9.17, 15) is 13.2 Å². The minimum absolute atomic E-state index is 0.0264. The van der Waals surface area contributed by atoms with Gasteiger partial charge in [0.15, 0.2) is 15.7 Å². The largest absolute Gasteiger partial charge is 0.326 e. The molecule has 0 aliphatic heterocycles. The molecule has 140 valence electrons. The van der Waals surface area contributed by atoms with E-state index in [1.165, 1.54) is 0 Å². The summed E-state index contributed by atoms with van der Waals surface area (Å²) in [6.45, 7) is 0.283. The zero-order valence-corrected chi connectivity index (χ0v) is 15.3. The molecule has 3 rings (SSSR count). The lowest BCUT2D eigenvalue weighted by atomic mass is 10.2. The summed E-state index contributed by atoms with van der Waals surface area (Å²) in [5.74, 6) is 0.732. The molecule has 1 aromatic carbocycles. The summed E-state index contributed by atoms with van der Waals surface area (Å²) in [5.41, 5.74) is 6.89. The monoisotopic (exact) mass is 377 g/mol. The maximum Gasteiger partial charge on any atom is 0.225 e. The molecule has 8 nitrogen and oxygen atoms in total. The van der Waals surface area contributed by atoms with Gasteiger partial charge in [0, 0.05) is 17.7 Å². The highest BCUT2D eigenvalue weighted by Crippen LogP contribution is 2.25. The number of nitrogens with zero attached hydrogens (tertiary/aromatic N) is 2. The van der Waals surface area contributed by atoms with Gasteiger partial charge >= 0.3 is 0 Å². The summed E-state index contributed by atoms with van der Waals surface area (Å²) in [5, 5.41) is 9.27. The molecular weight excluding hydrogens is 354 g/mol. The van der Waals surface area contributed by atoms with Crippen LogP contribution in [0.1, 0.15) is 37.9 Å². The second-order valence-electron chi connectivity index (χ2n) is 6.46. The lowest BCUT2D eigenvalue weighted by Gasteiger charge is -2.11. The highest BCUT2D eigenvalue weighted by molar-refractivity contribution is 7.92. The highest BCUT2D eigenvalue weighted by atomic mass is 32.2. The summed E-state index contributed by atoms with van der Waals surface area (Å²) in [6.07, 6.45) is 3.33. The van der Waals surface area contributed by atoms with E-state index in [0.717, 1.165) is 31.2 Å². The maximum atomic E-state index is 12.2. The molecule has 1 aromatic heterocycles. The molecule has 0 unspecified atom stereocenters. The Morgan fingerprint density at radius 2 is 1.92 bits per heavy atom. The SMILES string of the molecule is NCc1nc(-c2ccc(NC(=O)CCS(=O)(=O)C3CCCC3)cc2)n[nH]1. The van der Waals surface area contributed by atoms with Crippen molar-refractivity contribution in [3.8, 4) is 11.4 Å². The first-order valence-electron chi connectivity index (χ1n) is 8.71. The van der Waals surface area contributed by atoms with E-state index in [1.807, 2.05) is 0 Å². The Hall–Kier alpha value is -2.26. The van der Waals surface area contributed by atoms with Crippen LogP contribution in [0.25, 0.3) is 11.4 Å². The number of H-pyrrole nitrogens is 1. The second-order valence-corrected chi connectivity index (χ2v) is 8.86. The normalized spacial score (nSPS) is 15.3. The van der Waals surface area contributed by atoms with Crippen LogP contribution in [-0.2, 0) is 21.2 Å². The van der Waals surface area contributed by atoms with Gasteiger partial charge in [-0.15, -0.1) is 0 Å². The molecule has 0 spiro atoms. The number of hydrogen-bond acceptors (Lipinski definition) is 6. The van der Waals surface area contributed by atoms with E-state index >= 15 is 0 Å². The predicted molar refractivity (Wildman–Crippen MR) is 99.0 cm³/mol. The number of aromatic nitrogens is 3. The third-order valence-electron chi connectivity index (χ3n) is 4.58. The van der Waals surface area contributed by atoms with E-state index in [-0.39, 0.29) is 29.9 Å². The summed E-state index contributed by atoms with van der Waals surface area (Å²) >= 11 is 0. The average molecular weight is 377 g/mol. The molecule has 2 aromatic rings. The lowest BCUT2D eigenvalue weighted by Crippen LogP contribution is -2.24. The number of carbonyl (C=O) groups excluding carboxylic acids is 1. The van der Waals surface area contributed by atoms with Gasteiger partial charge in [0.1, 0.15) is 5.82 Å². The molecule has 0 bridgehead atoms. The van der Waals surface area contributed by atoms with E-state index < -0.39 is 9.84 Å². The van der Waals surface area contributed by atoms with Gasteiger partial charge in [-0.2, -0.15) is 5.10 Å². The topological polar surface area (TPSA) is 131 Å². The van der Waals surface area contributed by atoms with Crippen LogP contribution < -0.4 is 11.1 Å². The number of aromatic amines is 1. The molecule has 26 heavy (non-hydrogen) atoms. The number of carbonyl (C=O) groups is 1. The van der Waals surface area contributed by atoms with Crippen molar-refractivity contribution in [3.05, 3.63) is 30.1 Å². The zero-order valence-electron chi connectivity index (χ0n) is 14.4. The van der Waals surface area contributed by atoms with Crippen LogP contribution in [0.2, 0.25) is 0 Å². The first kappa shape index (κ1) is 18.5. The van der Waals surface area contributed by atoms with Crippen LogP contribution in [0, 0.1) is 0 Å². The summed E-state index contributed by atoms with van der Waals surface area (Å²) in [4.78, 5) is 16.3. The smallest absolute Gasteiger partial charge is 0.225 e. The number of sulfone groups is 1. The Labute approximate surface area is 152 Å². The van der Waals surface area contributed by atoms with Crippen molar-refractivity contribution < 1.29 is 13.2 Å². The fourth-order valence-corrected chi connectivity index (χ4v) is 4.95. The number of nitrogens with two attached hydrogens (primary N) is 1. The minimum atomic E-state index is -3.18. The van der Waals surface area contributed by atoms with E-state index in [0.29, 0.717) is 17.3 Å². The van der Waals surface area contributed by atoms with Crippen LogP contribution in [0.5, 0.6) is 0 Å². The van der Waals surface area contributed by atoms with Crippen molar-refractivity contribution in [1.82, 2.24) is 15.2 Å². The standard InChI is InChI=1S/C17H23N5O3S/c18-11-15-20-17(22-21-15)12-5-7-13(8-6-12)19-16(23)9-10-26(24,25)14-3-1-2-4-14/h5-8,14H,1-4,9-11,18H2,(H,19,23)(H,20,21,22). The number of nitrogens with one attached hydrogen (secondary N) is 2. The maximum absolute atomic E-state index is 12.2. The van der Waals surface area contributed by atoms with Crippen LogP contribution in [0.4, 0.5) is 5.69 Å². The quantitative estimate of drug-likeness (QED) is 0.672. The Morgan fingerprint density at radius 3 is 2.54 bits per heavy atom. The fraction of sp³-hybridized carbons (Fsp3) is 0.471.